The van der Waals surface area contributed by atoms with E-state index < -0.39 is 0 Å². The highest BCUT2D eigenvalue weighted by atomic mass is 32.1. The Morgan fingerprint density at radius 1 is 1.17 bits per heavy atom. The molecule has 1 atom stereocenters. The molecule has 0 amide bonds. The van der Waals surface area contributed by atoms with Gasteiger partial charge < -0.3 is 9.88 Å². The molecular weight excluding hydrogens is 398 g/mol. The summed E-state index contributed by atoms with van der Waals surface area (Å²) in [6.45, 7) is 2.20. The van der Waals surface area contributed by atoms with E-state index in [9.17, 15) is 0 Å². The van der Waals surface area contributed by atoms with Gasteiger partial charge in [-0.25, -0.2) is 19.9 Å². The molecule has 0 saturated heterocycles. The van der Waals surface area contributed by atoms with Gasteiger partial charge in [-0.1, -0.05) is 19.8 Å². The van der Waals surface area contributed by atoms with Gasteiger partial charge in [0, 0.05) is 11.4 Å². The summed E-state index contributed by atoms with van der Waals surface area (Å²) in [7, 11) is 0. The molecule has 0 radical (unpaired) electrons. The van der Waals surface area contributed by atoms with Crippen molar-refractivity contribution in [1.29, 1.82) is 0 Å². The van der Waals surface area contributed by atoms with Crippen molar-refractivity contribution in [2.24, 2.45) is 0 Å². The summed E-state index contributed by atoms with van der Waals surface area (Å²) in [5.41, 5.74) is 4.49. The molecule has 6 rings (SSSR count). The summed E-state index contributed by atoms with van der Waals surface area (Å²) in [4.78, 5) is 24.3. The minimum Gasteiger partial charge on any atom is -0.341 e. The van der Waals surface area contributed by atoms with Crippen molar-refractivity contribution >= 4 is 17.2 Å². The van der Waals surface area contributed by atoms with Crippen molar-refractivity contribution < 1.29 is 0 Å². The normalized spacial score (nSPS) is 18.6. The number of thiazole rings is 1. The molecule has 4 aromatic heterocycles. The van der Waals surface area contributed by atoms with E-state index in [1.807, 2.05) is 21.7 Å². The molecule has 0 unspecified atom stereocenters. The lowest BCUT2D eigenvalue weighted by Gasteiger charge is -2.40. The van der Waals surface area contributed by atoms with Crippen LogP contribution in [0.3, 0.4) is 0 Å². The average Bonchev–Trinajstić information content (AvgIpc) is 3.58. The van der Waals surface area contributed by atoms with Gasteiger partial charge in [-0.3, -0.25) is 4.57 Å². The molecule has 152 valence electrons. The summed E-state index contributed by atoms with van der Waals surface area (Å²) in [5.74, 6) is 3.15. The van der Waals surface area contributed by atoms with Crippen LogP contribution in [0.1, 0.15) is 50.9 Å². The molecule has 5 heterocycles. The third-order valence-electron chi connectivity index (χ3n) is 6.06. The quantitative estimate of drug-likeness (QED) is 0.537. The summed E-state index contributed by atoms with van der Waals surface area (Å²) in [5, 5.41) is 10.6. The second kappa shape index (κ2) is 6.98. The van der Waals surface area contributed by atoms with Crippen LogP contribution in [-0.2, 0) is 0 Å². The Kier molecular flexibility index (Phi) is 4.12. The van der Waals surface area contributed by atoms with Crippen LogP contribution in [0.4, 0.5) is 5.82 Å². The van der Waals surface area contributed by atoms with E-state index in [0.29, 0.717) is 17.7 Å². The van der Waals surface area contributed by atoms with E-state index in [1.54, 1.807) is 23.9 Å². The molecule has 30 heavy (non-hydrogen) atoms. The van der Waals surface area contributed by atoms with Gasteiger partial charge in [0.1, 0.15) is 12.0 Å². The zero-order chi connectivity index (χ0) is 20.1. The van der Waals surface area contributed by atoms with Crippen molar-refractivity contribution in [3.8, 4) is 28.7 Å². The molecule has 1 saturated carbocycles. The Morgan fingerprint density at radius 2 is 2.07 bits per heavy atom. The van der Waals surface area contributed by atoms with Crippen LogP contribution in [0.15, 0.2) is 29.6 Å². The Bertz CT molecular complexity index is 1170. The highest BCUT2D eigenvalue weighted by Gasteiger charge is 2.38. The molecule has 1 fully saturated rings. The van der Waals surface area contributed by atoms with Crippen LogP contribution in [0.25, 0.3) is 28.7 Å². The number of aromatic nitrogens is 8. The molecule has 10 heteroatoms. The number of rotatable bonds is 4. The number of H-pyrrole nitrogens is 1. The first-order chi connectivity index (χ1) is 14.8. The van der Waals surface area contributed by atoms with Crippen LogP contribution in [0, 0.1) is 0 Å². The van der Waals surface area contributed by atoms with Crippen molar-refractivity contribution in [1.82, 2.24) is 39.7 Å². The summed E-state index contributed by atoms with van der Waals surface area (Å²) < 4.78 is 2.03. The van der Waals surface area contributed by atoms with Crippen LogP contribution >= 0.6 is 11.3 Å². The van der Waals surface area contributed by atoms with Crippen molar-refractivity contribution in [3.05, 3.63) is 35.4 Å². The number of hydrogen-bond donors (Lipinski definition) is 1. The fourth-order valence-electron chi connectivity index (χ4n) is 4.67. The Balaban J connectivity index is 1.47. The molecule has 2 aliphatic rings. The Labute approximate surface area is 177 Å². The zero-order valence-corrected chi connectivity index (χ0v) is 17.4. The number of aromatic amines is 1. The third-order valence-corrected chi connectivity index (χ3v) is 6.65. The van der Waals surface area contributed by atoms with Crippen LogP contribution in [0.2, 0.25) is 0 Å². The van der Waals surface area contributed by atoms with Crippen molar-refractivity contribution in [2.45, 2.75) is 51.1 Å². The molecule has 1 aliphatic carbocycles. The van der Waals surface area contributed by atoms with Crippen molar-refractivity contribution in [3.63, 3.8) is 0 Å². The lowest BCUT2D eigenvalue weighted by atomic mass is 10.0. The van der Waals surface area contributed by atoms with Gasteiger partial charge in [0.2, 0.25) is 0 Å². The standard InChI is InChI=1S/C20H21N9S/c1-2-15-20-27-24-10-28(20)16-8-22-18(26-19(16)29(15)12-5-3-4-6-12)17-21-7-13(25-17)14-9-30-11-23-14/h7-12,15H,2-6H2,1H3,(H,21,25)/t15-/m1/s1. The second-order valence-corrected chi connectivity index (χ2v) is 8.47. The lowest BCUT2D eigenvalue weighted by molar-refractivity contribution is 0.469. The minimum atomic E-state index is 0.160. The maximum Gasteiger partial charge on any atom is 0.197 e. The number of imidazole rings is 1. The zero-order valence-electron chi connectivity index (χ0n) is 16.6. The highest BCUT2D eigenvalue weighted by molar-refractivity contribution is 7.07. The predicted octanol–water partition coefficient (Wildman–Crippen LogP) is 3.78. The fraction of sp³-hybridized carbons (Fsp3) is 0.400. The summed E-state index contributed by atoms with van der Waals surface area (Å²) in [6.07, 6.45) is 11.2. The largest absolute Gasteiger partial charge is 0.341 e. The third kappa shape index (κ3) is 2.67. The molecule has 1 N–H and O–H groups in total. The molecule has 0 bridgehead atoms. The number of hydrogen-bond acceptors (Lipinski definition) is 8. The molecule has 1 aliphatic heterocycles. The first kappa shape index (κ1) is 17.7. The van der Waals surface area contributed by atoms with E-state index in [1.165, 1.54) is 25.7 Å². The first-order valence-electron chi connectivity index (χ1n) is 10.3. The van der Waals surface area contributed by atoms with Crippen molar-refractivity contribution in [2.75, 3.05) is 4.90 Å². The number of fused-ring (bicyclic) bond motifs is 3. The highest BCUT2D eigenvalue weighted by Crippen LogP contribution is 2.42. The van der Waals surface area contributed by atoms with E-state index in [4.69, 9.17) is 4.98 Å². The first-order valence-corrected chi connectivity index (χ1v) is 11.3. The molecule has 0 spiro atoms. The second-order valence-electron chi connectivity index (χ2n) is 7.75. The smallest absolute Gasteiger partial charge is 0.197 e. The maximum atomic E-state index is 5.01. The number of nitrogens with zero attached hydrogens (tertiary/aromatic N) is 8. The minimum absolute atomic E-state index is 0.160. The van der Waals surface area contributed by atoms with E-state index in [2.05, 4.69) is 42.0 Å². The van der Waals surface area contributed by atoms with E-state index >= 15 is 0 Å². The molecular formula is C20H21N9S. The Hall–Kier alpha value is -3.14. The number of anilines is 1. The van der Waals surface area contributed by atoms with Gasteiger partial charge in [0.15, 0.2) is 23.3 Å². The SMILES string of the molecule is CC[C@@H]1c2nncn2-c2cnc(-c3ncc(-c4cscn4)[nH]3)nc2N1C1CCCC1. The van der Waals surface area contributed by atoms with Gasteiger partial charge in [-0.2, -0.15) is 0 Å². The van der Waals surface area contributed by atoms with Crippen LogP contribution in [-0.4, -0.2) is 45.7 Å². The van der Waals surface area contributed by atoms with Gasteiger partial charge in [-0.15, -0.1) is 21.5 Å². The lowest BCUT2D eigenvalue weighted by Crippen LogP contribution is -2.42. The molecule has 4 aromatic rings. The van der Waals surface area contributed by atoms with Crippen LogP contribution in [0.5, 0.6) is 0 Å². The summed E-state index contributed by atoms with van der Waals surface area (Å²) >= 11 is 1.56. The van der Waals surface area contributed by atoms with Gasteiger partial charge >= 0.3 is 0 Å². The van der Waals surface area contributed by atoms with E-state index in [0.717, 1.165) is 35.1 Å². The van der Waals surface area contributed by atoms with E-state index in [-0.39, 0.29) is 6.04 Å². The molecule has 0 aromatic carbocycles. The van der Waals surface area contributed by atoms with Gasteiger partial charge in [-0.05, 0) is 19.3 Å². The Morgan fingerprint density at radius 3 is 2.87 bits per heavy atom. The monoisotopic (exact) mass is 419 g/mol. The van der Waals surface area contributed by atoms with Gasteiger partial charge in [0.25, 0.3) is 0 Å². The average molecular weight is 420 g/mol. The van der Waals surface area contributed by atoms with Gasteiger partial charge in [0.05, 0.1) is 35.3 Å². The fourth-order valence-corrected chi connectivity index (χ4v) is 5.22. The molecule has 9 nitrogen and oxygen atoms in total. The summed E-state index contributed by atoms with van der Waals surface area (Å²) in [6, 6.07) is 0.622. The predicted molar refractivity (Wildman–Crippen MR) is 113 cm³/mol. The maximum absolute atomic E-state index is 5.01. The number of nitrogens with one attached hydrogen (secondary N) is 1. The topological polar surface area (TPSA) is 101 Å². The van der Waals surface area contributed by atoms with Crippen LogP contribution < -0.4 is 4.90 Å².